The quantitative estimate of drug-likeness (QED) is 0.313. The molecule has 0 bridgehead atoms. The van der Waals surface area contributed by atoms with Gasteiger partial charge in [-0.3, -0.25) is 9.79 Å². The first-order valence-electron chi connectivity index (χ1n) is 8.25. The lowest BCUT2D eigenvalue weighted by Crippen LogP contribution is -2.38. The minimum absolute atomic E-state index is 0.0635. The number of nitrogens with zero attached hydrogens (tertiary/aromatic N) is 1. The molecule has 1 rings (SSSR count). The van der Waals surface area contributed by atoms with Gasteiger partial charge in [0.1, 0.15) is 6.10 Å². The highest BCUT2D eigenvalue weighted by Gasteiger charge is 2.18. The molecule has 0 unspecified atom stereocenters. The highest BCUT2D eigenvalue weighted by Crippen LogP contribution is 2.21. The van der Waals surface area contributed by atoms with Crippen molar-refractivity contribution in [1.29, 1.82) is 0 Å². The molecule has 5 nitrogen and oxygen atoms in total. The van der Waals surface area contributed by atoms with E-state index >= 15 is 0 Å². The minimum atomic E-state index is -0.0635. The van der Waals surface area contributed by atoms with Crippen LogP contribution in [0.1, 0.15) is 58.8 Å². The van der Waals surface area contributed by atoms with Crippen molar-refractivity contribution >= 4 is 11.9 Å². The summed E-state index contributed by atoms with van der Waals surface area (Å²) in [5.74, 6) is 1.42. The number of nitrogens with one attached hydrogen (secondary N) is 2. The Labute approximate surface area is 128 Å². The van der Waals surface area contributed by atoms with Gasteiger partial charge in [0, 0.05) is 26.6 Å². The van der Waals surface area contributed by atoms with E-state index in [-0.39, 0.29) is 12.1 Å². The van der Waals surface area contributed by atoms with Crippen LogP contribution in [0.15, 0.2) is 4.99 Å². The number of esters is 1. The molecule has 0 saturated heterocycles. The van der Waals surface area contributed by atoms with Crippen LogP contribution in [-0.2, 0) is 9.53 Å². The fourth-order valence-electron chi connectivity index (χ4n) is 2.39. The first-order valence-corrected chi connectivity index (χ1v) is 8.25. The molecular weight excluding hydrogens is 266 g/mol. The van der Waals surface area contributed by atoms with Crippen LogP contribution in [0.5, 0.6) is 0 Å². The zero-order valence-electron chi connectivity index (χ0n) is 13.8. The fourth-order valence-corrected chi connectivity index (χ4v) is 2.39. The molecule has 0 radical (unpaired) electrons. The molecule has 0 amide bonds. The van der Waals surface area contributed by atoms with Crippen molar-refractivity contribution in [3.8, 4) is 0 Å². The number of guanidine groups is 1. The number of hydrogen-bond acceptors (Lipinski definition) is 3. The van der Waals surface area contributed by atoms with Gasteiger partial charge in [-0.05, 0) is 44.4 Å². The van der Waals surface area contributed by atoms with E-state index in [1.54, 1.807) is 7.05 Å². The van der Waals surface area contributed by atoms with Gasteiger partial charge in [-0.25, -0.2) is 0 Å². The smallest absolute Gasteiger partial charge is 0.306 e. The summed E-state index contributed by atoms with van der Waals surface area (Å²) in [6, 6.07) is 0. The normalized spacial score (nSPS) is 16.3. The van der Waals surface area contributed by atoms with Gasteiger partial charge in [0.05, 0.1) is 0 Å². The second kappa shape index (κ2) is 10.5. The fraction of sp³-hybridized carbons (Fsp3) is 0.875. The molecule has 0 aromatic rings. The van der Waals surface area contributed by atoms with E-state index in [0.29, 0.717) is 12.3 Å². The number of ether oxygens (including phenoxy) is 1. The Hall–Kier alpha value is -1.26. The Kier molecular flexibility index (Phi) is 8.87. The second-order valence-corrected chi connectivity index (χ2v) is 6.11. The van der Waals surface area contributed by atoms with Crippen LogP contribution in [0.3, 0.4) is 0 Å². The maximum Gasteiger partial charge on any atom is 0.306 e. The standard InChI is InChI=1S/C16H31N3O2/c1-13(2)10-12-19-16(17-3)18-11-6-9-15(20)21-14-7-4-5-8-14/h13-14H,4-12H2,1-3H3,(H2,17,18,19). The molecule has 0 heterocycles. The van der Waals surface area contributed by atoms with E-state index in [2.05, 4.69) is 29.5 Å². The van der Waals surface area contributed by atoms with Crippen LogP contribution in [0.4, 0.5) is 0 Å². The Bertz CT molecular complexity index is 323. The van der Waals surface area contributed by atoms with E-state index < -0.39 is 0 Å². The number of carbonyl (C=O) groups excluding carboxylic acids is 1. The van der Waals surface area contributed by atoms with Crippen molar-refractivity contribution in [2.24, 2.45) is 10.9 Å². The third-order valence-electron chi connectivity index (χ3n) is 3.69. The summed E-state index contributed by atoms with van der Waals surface area (Å²) in [7, 11) is 1.76. The Morgan fingerprint density at radius 1 is 1.24 bits per heavy atom. The maximum atomic E-state index is 11.7. The van der Waals surface area contributed by atoms with Crippen LogP contribution in [0.25, 0.3) is 0 Å². The highest BCUT2D eigenvalue weighted by molar-refractivity contribution is 5.79. The number of hydrogen-bond donors (Lipinski definition) is 2. The molecule has 1 saturated carbocycles. The van der Waals surface area contributed by atoms with Gasteiger partial charge < -0.3 is 15.4 Å². The number of aliphatic imine (C=N–C) groups is 1. The van der Waals surface area contributed by atoms with E-state index in [0.717, 1.165) is 44.7 Å². The van der Waals surface area contributed by atoms with Crippen LogP contribution in [0.2, 0.25) is 0 Å². The lowest BCUT2D eigenvalue weighted by atomic mass is 10.1. The predicted molar refractivity (Wildman–Crippen MR) is 86.4 cm³/mol. The molecule has 0 spiro atoms. The first-order chi connectivity index (χ1) is 10.1. The monoisotopic (exact) mass is 297 g/mol. The summed E-state index contributed by atoms with van der Waals surface area (Å²) in [5.41, 5.74) is 0. The van der Waals surface area contributed by atoms with Crippen LogP contribution >= 0.6 is 0 Å². The minimum Gasteiger partial charge on any atom is -0.462 e. The van der Waals surface area contributed by atoms with E-state index in [1.165, 1.54) is 12.8 Å². The van der Waals surface area contributed by atoms with Gasteiger partial charge in [-0.1, -0.05) is 13.8 Å². The van der Waals surface area contributed by atoms with Crippen LogP contribution in [0, 0.1) is 5.92 Å². The largest absolute Gasteiger partial charge is 0.462 e. The molecule has 0 aromatic carbocycles. The van der Waals surface area contributed by atoms with E-state index in [1.807, 2.05) is 0 Å². The second-order valence-electron chi connectivity index (χ2n) is 6.11. The van der Waals surface area contributed by atoms with Crippen molar-refractivity contribution < 1.29 is 9.53 Å². The highest BCUT2D eigenvalue weighted by atomic mass is 16.5. The molecule has 0 aromatic heterocycles. The van der Waals surface area contributed by atoms with Crippen molar-refractivity contribution in [1.82, 2.24) is 10.6 Å². The van der Waals surface area contributed by atoms with Gasteiger partial charge >= 0.3 is 5.97 Å². The van der Waals surface area contributed by atoms with Crippen molar-refractivity contribution in [3.63, 3.8) is 0 Å². The summed E-state index contributed by atoms with van der Waals surface area (Å²) in [5, 5.41) is 6.49. The van der Waals surface area contributed by atoms with Gasteiger partial charge in [-0.15, -0.1) is 0 Å². The lowest BCUT2D eigenvalue weighted by Gasteiger charge is -2.13. The Morgan fingerprint density at radius 2 is 1.90 bits per heavy atom. The summed E-state index contributed by atoms with van der Waals surface area (Å²) in [6.45, 7) is 6.06. The van der Waals surface area contributed by atoms with Gasteiger partial charge in [-0.2, -0.15) is 0 Å². The molecule has 5 heteroatoms. The first kappa shape index (κ1) is 17.8. The zero-order valence-corrected chi connectivity index (χ0v) is 13.8. The lowest BCUT2D eigenvalue weighted by molar-refractivity contribution is -0.148. The molecule has 0 atom stereocenters. The van der Waals surface area contributed by atoms with Gasteiger partial charge in [0.25, 0.3) is 0 Å². The molecular formula is C16H31N3O2. The Balaban J connectivity index is 2.04. The van der Waals surface area contributed by atoms with Crippen molar-refractivity contribution in [2.75, 3.05) is 20.1 Å². The van der Waals surface area contributed by atoms with E-state index in [9.17, 15) is 4.79 Å². The van der Waals surface area contributed by atoms with Gasteiger partial charge in [0.2, 0.25) is 0 Å². The molecule has 2 N–H and O–H groups in total. The van der Waals surface area contributed by atoms with Crippen LogP contribution in [-0.4, -0.2) is 38.2 Å². The average molecular weight is 297 g/mol. The third kappa shape index (κ3) is 8.58. The summed E-state index contributed by atoms with van der Waals surface area (Å²) >= 11 is 0. The average Bonchev–Trinajstić information content (AvgIpc) is 2.93. The number of carbonyl (C=O) groups is 1. The maximum absolute atomic E-state index is 11.7. The third-order valence-corrected chi connectivity index (χ3v) is 3.69. The van der Waals surface area contributed by atoms with Crippen LogP contribution < -0.4 is 10.6 Å². The summed E-state index contributed by atoms with van der Waals surface area (Å²) < 4.78 is 5.42. The Morgan fingerprint density at radius 3 is 2.52 bits per heavy atom. The van der Waals surface area contributed by atoms with Gasteiger partial charge in [0.15, 0.2) is 5.96 Å². The van der Waals surface area contributed by atoms with Crippen molar-refractivity contribution in [3.05, 3.63) is 0 Å². The number of rotatable bonds is 8. The molecule has 1 fully saturated rings. The summed E-state index contributed by atoms with van der Waals surface area (Å²) in [6.07, 6.45) is 7.01. The topological polar surface area (TPSA) is 62.7 Å². The summed E-state index contributed by atoms with van der Waals surface area (Å²) in [4.78, 5) is 15.8. The molecule has 1 aliphatic rings. The molecule has 1 aliphatic carbocycles. The zero-order chi connectivity index (χ0) is 15.5. The van der Waals surface area contributed by atoms with Crippen molar-refractivity contribution in [2.45, 2.75) is 64.9 Å². The van der Waals surface area contributed by atoms with E-state index in [4.69, 9.17) is 4.74 Å². The predicted octanol–water partition coefficient (Wildman–Crippen LogP) is 2.46. The SMILES string of the molecule is CN=C(NCCCC(=O)OC1CCCC1)NCCC(C)C. The molecule has 122 valence electrons. The molecule has 0 aliphatic heterocycles. The molecule has 21 heavy (non-hydrogen) atoms.